The summed E-state index contributed by atoms with van der Waals surface area (Å²) in [5, 5.41) is 0. The van der Waals surface area contributed by atoms with E-state index in [0.29, 0.717) is 0 Å². The molecule has 1 aromatic rings. The summed E-state index contributed by atoms with van der Waals surface area (Å²) in [4.78, 5) is 0. The number of halogens is 1. The molecule has 2 N–H and O–H groups in total. The largest absolute Gasteiger partial charge is 0.494 e. The highest BCUT2D eigenvalue weighted by Crippen LogP contribution is 2.24. The van der Waals surface area contributed by atoms with Crippen LogP contribution in [0.1, 0.15) is 43.7 Å². The van der Waals surface area contributed by atoms with Crippen LogP contribution in [0.15, 0.2) is 30.9 Å². The maximum Gasteiger partial charge on any atom is 0.165 e. The van der Waals surface area contributed by atoms with Gasteiger partial charge in [-0.1, -0.05) is 25.0 Å². The number of ether oxygens (including phenoxy) is 1. The summed E-state index contributed by atoms with van der Waals surface area (Å²) >= 11 is 0. The molecule has 2 nitrogen and oxygen atoms in total. The fourth-order valence-corrected chi connectivity index (χ4v) is 1.90. The Balaban J connectivity index is 2.45. The van der Waals surface area contributed by atoms with Crippen LogP contribution in [0.2, 0.25) is 0 Å². The number of hydrogen-bond acceptors (Lipinski definition) is 2. The van der Waals surface area contributed by atoms with Gasteiger partial charge in [0.25, 0.3) is 0 Å². The molecule has 1 atom stereocenters. The Morgan fingerprint density at radius 1 is 1.39 bits per heavy atom. The molecule has 0 aliphatic carbocycles. The van der Waals surface area contributed by atoms with Crippen molar-refractivity contribution in [2.45, 2.75) is 38.1 Å². The lowest BCUT2D eigenvalue weighted by Crippen LogP contribution is -2.10. The van der Waals surface area contributed by atoms with E-state index >= 15 is 0 Å². The number of hydrogen-bond donors (Lipinski definition) is 1. The second-order valence-corrected chi connectivity index (χ2v) is 4.43. The molecule has 0 saturated heterocycles. The molecular weight excluding hydrogens is 229 g/mol. The Morgan fingerprint density at radius 3 is 2.83 bits per heavy atom. The lowest BCUT2D eigenvalue weighted by Gasteiger charge is -2.13. The molecule has 0 aliphatic rings. The summed E-state index contributed by atoms with van der Waals surface area (Å²) in [6, 6.07) is 4.77. The second kappa shape index (κ2) is 7.88. The van der Waals surface area contributed by atoms with E-state index in [-0.39, 0.29) is 17.6 Å². The van der Waals surface area contributed by atoms with Crippen LogP contribution in [0, 0.1) is 5.82 Å². The first kappa shape index (κ1) is 14.7. The van der Waals surface area contributed by atoms with E-state index in [0.717, 1.165) is 37.7 Å². The number of benzene rings is 1. The monoisotopic (exact) mass is 251 g/mol. The zero-order valence-corrected chi connectivity index (χ0v) is 11.0. The zero-order chi connectivity index (χ0) is 13.4. The minimum Gasteiger partial charge on any atom is -0.494 e. The van der Waals surface area contributed by atoms with Gasteiger partial charge in [-0.2, -0.15) is 0 Å². The third-order valence-corrected chi connectivity index (χ3v) is 3.03. The van der Waals surface area contributed by atoms with E-state index in [4.69, 9.17) is 10.5 Å². The number of unbranched alkanes of at least 4 members (excludes halogenated alkanes) is 3. The Kier molecular flexibility index (Phi) is 6.44. The molecule has 1 unspecified atom stereocenters. The molecule has 0 fully saturated rings. The Labute approximate surface area is 109 Å². The van der Waals surface area contributed by atoms with Gasteiger partial charge in [-0.3, -0.25) is 0 Å². The topological polar surface area (TPSA) is 35.2 Å². The van der Waals surface area contributed by atoms with E-state index in [1.54, 1.807) is 12.1 Å². The quantitative estimate of drug-likeness (QED) is 0.560. The number of allylic oxidation sites excluding steroid dienone is 1. The first-order valence-electron chi connectivity index (χ1n) is 6.39. The van der Waals surface area contributed by atoms with Gasteiger partial charge in [0.15, 0.2) is 11.6 Å². The first-order valence-corrected chi connectivity index (χ1v) is 6.39. The minimum absolute atomic E-state index is 0.0526. The maximum atomic E-state index is 13.2. The normalized spacial score (nSPS) is 12.2. The van der Waals surface area contributed by atoms with Crippen molar-refractivity contribution in [1.29, 1.82) is 0 Å². The van der Waals surface area contributed by atoms with Gasteiger partial charge in [0.05, 0.1) is 7.11 Å². The summed E-state index contributed by atoms with van der Waals surface area (Å²) in [5.41, 5.74) is 7.01. The molecule has 0 aliphatic heterocycles. The van der Waals surface area contributed by atoms with Crippen LogP contribution in [0.5, 0.6) is 5.75 Å². The Bertz CT molecular complexity index is 379. The molecule has 18 heavy (non-hydrogen) atoms. The van der Waals surface area contributed by atoms with Crippen LogP contribution in [0.3, 0.4) is 0 Å². The van der Waals surface area contributed by atoms with Gasteiger partial charge in [-0.25, -0.2) is 4.39 Å². The third-order valence-electron chi connectivity index (χ3n) is 3.03. The SMILES string of the molecule is C=CCCCCCC(N)c1ccc(F)c(OC)c1. The second-order valence-electron chi connectivity index (χ2n) is 4.43. The van der Waals surface area contributed by atoms with Crippen molar-refractivity contribution in [3.05, 3.63) is 42.2 Å². The smallest absolute Gasteiger partial charge is 0.165 e. The van der Waals surface area contributed by atoms with Gasteiger partial charge in [-0.15, -0.1) is 6.58 Å². The molecule has 0 aromatic heterocycles. The lowest BCUT2D eigenvalue weighted by atomic mass is 10.0. The van der Waals surface area contributed by atoms with Gasteiger partial charge in [0, 0.05) is 6.04 Å². The first-order chi connectivity index (χ1) is 8.69. The number of nitrogens with two attached hydrogens (primary N) is 1. The van der Waals surface area contributed by atoms with Gasteiger partial charge < -0.3 is 10.5 Å². The van der Waals surface area contributed by atoms with Crippen LogP contribution >= 0.6 is 0 Å². The zero-order valence-electron chi connectivity index (χ0n) is 11.0. The van der Waals surface area contributed by atoms with Gasteiger partial charge >= 0.3 is 0 Å². The molecule has 1 rings (SSSR count). The van der Waals surface area contributed by atoms with E-state index < -0.39 is 0 Å². The minimum atomic E-state index is -0.348. The van der Waals surface area contributed by atoms with Crippen molar-refractivity contribution in [2.24, 2.45) is 5.73 Å². The van der Waals surface area contributed by atoms with Crippen molar-refractivity contribution in [3.8, 4) is 5.75 Å². The molecule has 0 heterocycles. The van der Waals surface area contributed by atoms with Gasteiger partial charge in [-0.05, 0) is 37.0 Å². The highest BCUT2D eigenvalue weighted by molar-refractivity contribution is 5.31. The number of rotatable bonds is 8. The average Bonchev–Trinajstić information content (AvgIpc) is 2.38. The fourth-order valence-electron chi connectivity index (χ4n) is 1.90. The molecule has 0 spiro atoms. The molecule has 3 heteroatoms. The molecule has 100 valence electrons. The van der Waals surface area contributed by atoms with Crippen molar-refractivity contribution in [1.82, 2.24) is 0 Å². The van der Waals surface area contributed by atoms with Gasteiger partial charge in [0.2, 0.25) is 0 Å². The van der Waals surface area contributed by atoms with Crippen LogP contribution in [0.4, 0.5) is 4.39 Å². The summed E-state index contributed by atoms with van der Waals surface area (Å²) in [6.45, 7) is 3.69. The van der Waals surface area contributed by atoms with Crippen LogP contribution in [-0.2, 0) is 0 Å². The summed E-state index contributed by atoms with van der Waals surface area (Å²) in [6.07, 6.45) is 7.28. The van der Waals surface area contributed by atoms with Crippen molar-refractivity contribution in [3.63, 3.8) is 0 Å². The molecule has 0 amide bonds. The average molecular weight is 251 g/mol. The molecule has 0 bridgehead atoms. The third kappa shape index (κ3) is 4.49. The summed E-state index contributed by atoms with van der Waals surface area (Å²) in [5.74, 6) is -0.0889. The lowest BCUT2D eigenvalue weighted by molar-refractivity contribution is 0.385. The molecule has 0 saturated carbocycles. The predicted molar refractivity (Wildman–Crippen MR) is 73.2 cm³/mol. The maximum absolute atomic E-state index is 13.2. The highest BCUT2D eigenvalue weighted by atomic mass is 19.1. The molecular formula is C15H22FNO. The van der Waals surface area contributed by atoms with Crippen molar-refractivity contribution in [2.75, 3.05) is 7.11 Å². The van der Waals surface area contributed by atoms with Crippen molar-refractivity contribution >= 4 is 0 Å². The summed E-state index contributed by atoms with van der Waals surface area (Å²) in [7, 11) is 1.46. The van der Waals surface area contributed by atoms with Crippen LogP contribution in [0.25, 0.3) is 0 Å². The van der Waals surface area contributed by atoms with E-state index in [1.165, 1.54) is 13.2 Å². The standard InChI is InChI=1S/C15H22FNO/c1-3-4-5-6-7-8-14(17)12-9-10-13(16)15(11-12)18-2/h3,9-11,14H,1,4-8,17H2,2H3. The summed E-state index contributed by atoms with van der Waals surface area (Å²) < 4.78 is 18.2. The van der Waals surface area contributed by atoms with Gasteiger partial charge in [0.1, 0.15) is 0 Å². The van der Waals surface area contributed by atoms with Crippen LogP contribution < -0.4 is 10.5 Å². The van der Waals surface area contributed by atoms with E-state index in [2.05, 4.69) is 6.58 Å². The highest BCUT2D eigenvalue weighted by Gasteiger charge is 2.09. The predicted octanol–water partition coefficient (Wildman–Crippen LogP) is 3.97. The van der Waals surface area contributed by atoms with E-state index in [1.807, 2.05) is 6.08 Å². The van der Waals surface area contributed by atoms with E-state index in [9.17, 15) is 4.39 Å². The van der Waals surface area contributed by atoms with Crippen molar-refractivity contribution < 1.29 is 9.13 Å². The fraction of sp³-hybridized carbons (Fsp3) is 0.467. The molecule has 1 aromatic carbocycles. The Morgan fingerprint density at radius 2 is 2.17 bits per heavy atom. The molecule has 0 radical (unpaired) electrons. The van der Waals surface area contributed by atoms with Crippen LogP contribution in [-0.4, -0.2) is 7.11 Å². The Hall–Kier alpha value is -1.35. The number of methoxy groups -OCH3 is 1.